The lowest BCUT2D eigenvalue weighted by molar-refractivity contribution is 0.0982. The molecule has 3 aromatic rings. The van der Waals surface area contributed by atoms with Crippen LogP contribution in [-0.4, -0.2) is 38.0 Å². The topological polar surface area (TPSA) is 88.0 Å². The summed E-state index contributed by atoms with van der Waals surface area (Å²) in [6.45, 7) is 0. The molecule has 144 valence electrons. The van der Waals surface area contributed by atoms with E-state index in [9.17, 15) is 9.90 Å². The number of hydrogen-bond acceptors (Lipinski definition) is 6. The number of pyridine rings is 1. The molecule has 1 fully saturated rings. The van der Waals surface area contributed by atoms with Gasteiger partial charge in [0, 0.05) is 41.5 Å². The molecule has 6 nitrogen and oxygen atoms in total. The summed E-state index contributed by atoms with van der Waals surface area (Å²) in [5.74, 6) is 0.661. The Morgan fingerprint density at radius 1 is 1.11 bits per heavy atom. The Morgan fingerprint density at radius 2 is 1.96 bits per heavy atom. The molecule has 1 aliphatic carbocycles. The van der Waals surface area contributed by atoms with Crippen molar-refractivity contribution in [3.8, 4) is 0 Å². The number of nitrogens with zero attached hydrogens (tertiary/aromatic N) is 3. The minimum Gasteiger partial charge on any atom is -0.393 e. The zero-order valence-corrected chi connectivity index (χ0v) is 15.7. The van der Waals surface area contributed by atoms with E-state index in [1.54, 1.807) is 12.4 Å². The van der Waals surface area contributed by atoms with Gasteiger partial charge in [-0.2, -0.15) is 0 Å². The van der Waals surface area contributed by atoms with Crippen molar-refractivity contribution in [1.82, 2.24) is 15.0 Å². The van der Waals surface area contributed by atoms with Gasteiger partial charge in [0.05, 0.1) is 11.6 Å². The van der Waals surface area contributed by atoms with Gasteiger partial charge in [-0.05, 0) is 50.3 Å². The fourth-order valence-corrected chi connectivity index (χ4v) is 3.60. The van der Waals surface area contributed by atoms with Crippen molar-refractivity contribution in [2.45, 2.75) is 50.7 Å². The summed E-state index contributed by atoms with van der Waals surface area (Å²) >= 11 is 0. The molecule has 4 rings (SSSR count). The maximum atomic E-state index is 12.6. The van der Waals surface area contributed by atoms with Crippen LogP contribution in [0.4, 0.5) is 5.95 Å². The van der Waals surface area contributed by atoms with Gasteiger partial charge in [-0.1, -0.05) is 18.2 Å². The standard InChI is InChI=1S/C22H24N4O2/c27-19-9-6-18(7-10-19)25-22-24-14-16-5-4-15(13-20(16)26-22)21(28)11-8-17-3-1-2-12-23-17/h1-5,12-14,18-19,27H,6-11H2,(H,24,25,26). The molecular formula is C22H24N4O2. The largest absolute Gasteiger partial charge is 0.393 e. The van der Waals surface area contributed by atoms with E-state index < -0.39 is 0 Å². The minimum atomic E-state index is -0.185. The number of aliphatic hydroxyl groups excluding tert-OH is 1. The first kappa shape index (κ1) is 18.5. The highest BCUT2D eigenvalue weighted by Crippen LogP contribution is 2.22. The number of nitrogens with one attached hydrogen (secondary N) is 1. The highest BCUT2D eigenvalue weighted by Gasteiger charge is 2.20. The van der Waals surface area contributed by atoms with Gasteiger partial charge < -0.3 is 10.4 Å². The van der Waals surface area contributed by atoms with E-state index in [1.165, 1.54) is 0 Å². The van der Waals surface area contributed by atoms with E-state index in [-0.39, 0.29) is 17.9 Å². The number of carbonyl (C=O) groups excluding carboxylic acids is 1. The van der Waals surface area contributed by atoms with E-state index in [2.05, 4.69) is 20.3 Å². The normalized spacial score (nSPS) is 19.5. The molecule has 1 saturated carbocycles. The van der Waals surface area contributed by atoms with E-state index >= 15 is 0 Å². The summed E-state index contributed by atoms with van der Waals surface area (Å²) in [6, 6.07) is 11.6. The molecule has 0 bridgehead atoms. The van der Waals surface area contributed by atoms with E-state index in [4.69, 9.17) is 0 Å². The minimum absolute atomic E-state index is 0.0851. The molecule has 0 radical (unpaired) electrons. The van der Waals surface area contributed by atoms with Crippen LogP contribution in [0, 0.1) is 0 Å². The van der Waals surface area contributed by atoms with E-state index in [0.717, 1.165) is 42.3 Å². The zero-order valence-electron chi connectivity index (χ0n) is 15.7. The molecule has 2 heterocycles. The van der Waals surface area contributed by atoms with Crippen LogP contribution >= 0.6 is 0 Å². The lowest BCUT2D eigenvalue weighted by Gasteiger charge is -2.26. The summed E-state index contributed by atoms with van der Waals surface area (Å²) < 4.78 is 0. The number of Topliss-reactive ketones (excluding diaryl/α,β-unsaturated/α-hetero) is 1. The number of fused-ring (bicyclic) bond motifs is 1. The monoisotopic (exact) mass is 376 g/mol. The van der Waals surface area contributed by atoms with Gasteiger partial charge in [-0.15, -0.1) is 0 Å². The summed E-state index contributed by atoms with van der Waals surface area (Å²) in [4.78, 5) is 25.8. The molecule has 2 aromatic heterocycles. The Hall–Kier alpha value is -2.86. The van der Waals surface area contributed by atoms with Crippen molar-refractivity contribution in [1.29, 1.82) is 0 Å². The predicted molar refractivity (Wildman–Crippen MR) is 108 cm³/mol. The summed E-state index contributed by atoms with van der Waals surface area (Å²) in [5, 5.41) is 13.9. The number of carbonyl (C=O) groups is 1. The summed E-state index contributed by atoms with van der Waals surface area (Å²) in [6.07, 6.45) is 7.82. The first-order valence-electron chi connectivity index (χ1n) is 9.82. The molecule has 0 unspecified atom stereocenters. The molecule has 0 amide bonds. The maximum absolute atomic E-state index is 12.6. The first-order chi connectivity index (χ1) is 13.7. The van der Waals surface area contributed by atoms with Gasteiger partial charge in [-0.3, -0.25) is 9.78 Å². The Balaban J connectivity index is 1.45. The fourth-order valence-electron chi connectivity index (χ4n) is 3.60. The highest BCUT2D eigenvalue weighted by molar-refractivity contribution is 5.99. The van der Waals surface area contributed by atoms with Gasteiger partial charge in [0.2, 0.25) is 5.95 Å². The van der Waals surface area contributed by atoms with Crippen LogP contribution in [0.25, 0.3) is 10.9 Å². The van der Waals surface area contributed by atoms with E-state index in [0.29, 0.717) is 24.4 Å². The van der Waals surface area contributed by atoms with Crippen LogP contribution in [0.3, 0.4) is 0 Å². The molecule has 0 atom stereocenters. The molecule has 6 heteroatoms. The second-order valence-electron chi connectivity index (χ2n) is 7.36. The van der Waals surface area contributed by atoms with Crippen molar-refractivity contribution in [3.63, 3.8) is 0 Å². The second-order valence-corrected chi connectivity index (χ2v) is 7.36. The number of ketones is 1. The number of aryl methyl sites for hydroxylation is 1. The third-order valence-electron chi connectivity index (χ3n) is 5.27. The molecule has 0 spiro atoms. The van der Waals surface area contributed by atoms with Crippen molar-refractivity contribution in [3.05, 3.63) is 60.0 Å². The Kier molecular flexibility index (Phi) is 5.58. The Bertz CT molecular complexity index is 953. The lowest BCUT2D eigenvalue weighted by atomic mass is 9.93. The van der Waals surface area contributed by atoms with Gasteiger partial charge in [-0.25, -0.2) is 9.97 Å². The Morgan fingerprint density at radius 3 is 2.75 bits per heavy atom. The van der Waals surface area contributed by atoms with Crippen LogP contribution < -0.4 is 5.32 Å². The van der Waals surface area contributed by atoms with Gasteiger partial charge in [0.1, 0.15) is 0 Å². The molecule has 2 N–H and O–H groups in total. The summed E-state index contributed by atoms with van der Waals surface area (Å²) in [5.41, 5.74) is 2.34. The first-order valence-corrected chi connectivity index (χ1v) is 9.82. The van der Waals surface area contributed by atoms with Crippen LogP contribution in [0.1, 0.15) is 48.2 Å². The second kappa shape index (κ2) is 8.44. The average molecular weight is 376 g/mol. The third kappa shape index (κ3) is 4.51. The number of rotatable bonds is 6. The number of aromatic nitrogens is 3. The number of benzene rings is 1. The van der Waals surface area contributed by atoms with Crippen LogP contribution in [-0.2, 0) is 6.42 Å². The number of anilines is 1. The van der Waals surface area contributed by atoms with Crippen molar-refractivity contribution in [2.24, 2.45) is 0 Å². The third-order valence-corrected chi connectivity index (χ3v) is 5.27. The quantitative estimate of drug-likeness (QED) is 0.640. The van der Waals surface area contributed by atoms with Crippen molar-refractivity contribution >= 4 is 22.6 Å². The fraction of sp³-hybridized carbons (Fsp3) is 0.364. The highest BCUT2D eigenvalue weighted by atomic mass is 16.3. The molecule has 0 aliphatic heterocycles. The van der Waals surface area contributed by atoms with Gasteiger partial charge in [0.25, 0.3) is 0 Å². The van der Waals surface area contributed by atoms with Crippen LogP contribution in [0.2, 0.25) is 0 Å². The molecule has 1 aliphatic rings. The number of aliphatic hydroxyl groups is 1. The molecule has 28 heavy (non-hydrogen) atoms. The van der Waals surface area contributed by atoms with Gasteiger partial charge >= 0.3 is 0 Å². The van der Waals surface area contributed by atoms with Crippen molar-refractivity contribution < 1.29 is 9.90 Å². The van der Waals surface area contributed by atoms with E-state index in [1.807, 2.05) is 36.4 Å². The SMILES string of the molecule is O=C(CCc1ccccn1)c1ccc2cnc(NC3CCC(O)CC3)nc2c1. The van der Waals surface area contributed by atoms with Crippen LogP contribution in [0.5, 0.6) is 0 Å². The lowest BCUT2D eigenvalue weighted by Crippen LogP contribution is -2.28. The zero-order chi connectivity index (χ0) is 19.3. The maximum Gasteiger partial charge on any atom is 0.223 e. The molecule has 1 aromatic carbocycles. The predicted octanol–water partition coefficient (Wildman–Crippen LogP) is 3.56. The summed E-state index contributed by atoms with van der Waals surface area (Å²) in [7, 11) is 0. The molecule has 0 saturated heterocycles. The van der Waals surface area contributed by atoms with Crippen LogP contribution in [0.15, 0.2) is 48.8 Å². The smallest absolute Gasteiger partial charge is 0.223 e. The van der Waals surface area contributed by atoms with Crippen molar-refractivity contribution in [2.75, 3.05) is 5.32 Å². The molecular weight excluding hydrogens is 352 g/mol. The number of hydrogen-bond donors (Lipinski definition) is 2. The van der Waals surface area contributed by atoms with Gasteiger partial charge in [0.15, 0.2) is 5.78 Å². The Labute approximate surface area is 164 Å². The average Bonchev–Trinajstić information content (AvgIpc) is 2.74.